The predicted octanol–water partition coefficient (Wildman–Crippen LogP) is 1.56. The van der Waals surface area contributed by atoms with Gasteiger partial charge in [-0.1, -0.05) is 19.3 Å². The van der Waals surface area contributed by atoms with E-state index in [0.29, 0.717) is 12.5 Å². The van der Waals surface area contributed by atoms with Crippen LogP contribution in [0.25, 0.3) is 0 Å². The van der Waals surface area contributed by atoms with Crippen LogP contribution in [0.5, 0.6) is 0 Å². The van der Waals surface area contributed by atoms with E-state index in [9.17, 15) is 4.79 Å². The van der Waals surface area contributed by atoms with Gasteiger partial charge in [0.2, 0.25) is 5.91 Å². The highest BCUT2D eigenvalue weighted by molar-refractivity contribution is 5.77. The van der Waals surface area contributed by atoms with E-state index in [1.807, 2.05) is 0 Å². The van der Waals surface area contributed by atoms with Gasteiger partial charge in [-0.2, -0.15) is 0 Å². The number of nitrogens with two attached hydrogens (primary N) is 1. The van der Waals surface area contributed by atoms with Gasteiger partial charge in [0, 0.05) is 13.0 Å². The average molecular weight is 210 g/mol. The molecule has 2 fully saturated rings. The van der Waals surface area contributed by atoms with Crippen molar-refractivity contribution in [3.8, 4) is 0 Å². The highest BCUT2D eigenvalue weighted by Gasteiger charge is 2.33. The minimum Gasteiger partial charge on any atom is -0.349 e. The van der Waals surface area contributed by atoms with Crippen molar-refractivity contribution in [2.75, 3.05) is 6.54 Å². The minimum absolute atomic E-state index is 0.0653. The zero-order chi connectivity index (χ0) is 10.7. The van der Waals surface area contributed by atoms with E-state index in [4.69, 9.17) is 5.73 Å². The number of hydrogen-bond acceptors (Lipinski definition) is 2. The molecule has 0 radical (unpaired) electrons. The smallest absolute Gasteiger partial charge is 0.220 e. The van der Waals surface area contributed by atoms with E-state index in [1.165, 1.54) is 32.1 Å². The summed E-state index contributed by atoms with van der Waals surface area (Å²) in [6, 6.07) is 0. The number of nitrogens with one attached hydrogen (secondary N) is 1. The predicted molar refractivity (Wildman–Crippen MR) is 60.4 cm³/mol. The zero-order valence-corrected chi connectivity index (χ0v) is 9.43. The van der Waals surface area contributed by atoms with E-state index < -0.39 is 0 Å². The van der Waals surface area contributed by atoms with Gasteiger partial charge < -0.3 is 11.1 Å². The van der Waals surface area contributed by atoms with Crippen LogP contribution in [-0.4, -0.2) is 18.0 Å². The Morgan fingerprint density at radius 1 is 1.27 bits per heavy atom. The molecule has 0 aromatic carbocycles. The van der Waals surface area contributed by atoms with Crippen LogP contribution in [0.2, 0.25) is 0 Å². The van der Waals surface area contributed by atoms with Gasteiger partial charge in [-0.15, -0.1) is 0 Å². The van der Waals surface area contributed by atoms with Gasteiger partial charge in [0.1, 0.15) is 0 Å². The molecule has 3 heteroatoms. The molecule has 0 bridgehead atoms. The third-order valence-corrected chi connectivity index (χ3v) is 3.78. The Bertz CT molecular complexity index is 230. The fourth-order valence-electron chi connectivity index (χ4n) is 2.54. The van der Waals surface area contributed by atoms with E-state index in [1.54, 1.807) is 0 Å². The second-order valence-corrected chi connectivity index (χ2v) is 5.24. The molecule has 1 amide bonds. The summed E-state index contributed by atoms with van der Waals surface area (Å²) in [6.45, 7) is 0.601. The van der Waals surface area contributed by atoms with Crippen LogP contribution in [0.1, 0.15) is 51.4 Å². The molecule has 15 heavy (non-hydrogen) atoms. The van der Waals surface area contributed by atoms with E-state index in [0.717, 1.165) is 19.3 Å². The first kappa shape index (κ1) is 10.9. The Hall–Kier alpha value is -0.570. The molecule has 0 heterocycles. The van der Waals surface area contributed by atoms with Crippen LogP contribution in [0.3, 0.4) is 0 Å². The largest absolute Gasteiger partial charge is 0.349 e. The molecule has 0 spiro atoms. The van der Waals surface area contributed by atoms with Crippen LogP contribution in [-0.2, 0) is 4.79 Å². The van der Waals surface area contributed by atoms with Crippen LogP contribution < -0.4 is 11.1 Å². The molecule has 2 aliphatic carbocycles. The summed E-state index contributed by atoms with van der Waals surface area (Å²) in [7, 11) is 0. The fraction of sp³-hybridized carbons (Fsp3) is 0.917. The summed E-state index contributed by atoms with van der Waals surface area (Å²) in [5, 5.41) is 3.19. The van der Waals surface area contributed by atoms with Crippen LogP contribution >= 0.6 is 0 Å². The van der Waals surface area contributed by atoms with Gasteiger partial charge in [0.25, 0.3) is 0 Å². The topological polar surface area (TPSA) is 55.1 Å². The number of hydrogen-bond donors (Lipinski definition) is 2. The lowest BCUT2D eigenvalue weighted by molar-refractivity contribution is -0.123. The summed E-state index contributed by atoms with van der Waals surface area (Å²) in [4.78, 5) is 11.8. The van der Waals surface area contributed by atoms with Crippen molar-refractivity contribution in [2.24, 2.45) is 11.7 Å². The van der Waals surface area contributed by atoms with Gasteiger partial charge in [-0.25, -0.2) is 0 Å². The second-order valence-electron chi connectivity index (χ2n) is 5.24. The summed E-state index contributed by atoms with van der Waals surface area (Å²) < 4.78 is 0. The molecule has 0 atom stereocenters. The first-order chi connectivity index (χ1) is 7.24. The lowest BCUT2D eigenvalue weighted by atomic mass is 9.81. The van der Waals surface area contributed by atoms with Crippen LogP contribution in [0.15, 0.2) is 0 Å². The number of amides is 1. The number of rotatable bonds is 4. The molecule has 86 valence electrons. The molecular weight excluding hydrogens is 188 g/mol. The summed E-state index contributed by atoms with van der Waals surface area (Å²) >= 11 is 0. The molecule has 0 unspecified atom stereocenters. The van der Waals surface area contributed by atoms with Crippen molar-refractivity contribution in [2.45, 2.75) is 56.9 Å². The third kappa shape index (κ3) is 2.94. The highest BCUT2D eigenvalue weighted by atomic mass is 16.1. The molecule has 2 saturated carbocycles. The average Bonchev–Trinajstić information content (AvgIpc) is 3.03. The van der Waals surface area contributed by atoms with Crippen molar-refractivity contribution in [1.82, 2.24) is 5.32 Å². The van der Waals surface area contributed by atoms with Crippen LogP contribution in [0, 0.1) is 5.92 Å². The first-order valence-corrected chi connectivity index (χ1v) is 6.25. The fourth-order valence-corrected chi connectivity index (χ4v) is 2.54. The standard InChI is InChI=1S/C12H22N2O/c13-9-12(6-2-1-3-7-12)14-11(15)8-10-4-5-10/h10H,1-9,13H2,(H,14,15). The Kier molecular flexibility index (Phi) is 3.29. The maximum atomic E-state index is 11.8. The lowest BCUT2D eigenvalue weighted by Crippen LogP contribution is -2.54. The molecule has 3 nitrogen and oxygen atoms in total. The molecule has 0 aliphatic heterocycles. The molecule has 0 aromatic heterocycles. The Morgan fingerprint density at radius 3 is 2.47 bits per heavy atom. The molecule has 3 N–H and O–H groups in total. The van der Waals surface area contributed by atoms with Crippen molar-refractivity contribution in [3.05, 3.63) is 0 Å². The van der Waals surface area contributed by atoms with E-state index >= 15 is 0 Å². The zero-order valence-electron chi connectivity index (χ0n) is 9.43. The molecular formula is C12H22N2O. The Balaban J connectivity index is 1.84. The Morgan fingerprint density at radius 2 is 1.93 bits per heavy atom. The van der Waals surface area contributed by atoms with Gasteiger partial charge in [-0.05, 0) is 31.6 Å². The first-order valence-electron chi connectivity index (χ1n) is 6.25. The maximum Gasteiger partial charge on any atom is 0.220 e. The van der Waals surface area contributed by atoms with Gasteiger partial charge >= 0.3 is 0 Å². The van der Waals surface area contributed by atoms with Crippen molar-refractivity contribution in [3.63, 3.8) is 0 Å². The van der Waals surface area contributed by atoms with E-state index in [2.05, 4.69) is 5.32 Å². The van der Waals surface area contributed by atoms with Gasteiger partial charge in [0.15, 0.2) is 0 Å². The number of carbonyl (C=O) groups is 1. The summed E-state index contributed by atoms with van der Waals surface area (Å²) in [5.41, 5.74) is 5.75. The molecule has 2 aliphatic rings. The van der Waals surface area contributed by atoms with E-state index in [-0.39, 0.29) is 11.4 Å². The van der Waals surface area contributed by atoms with Crippen molar-refractivity contribution < 1.29 is 4.79 Å². The molecule has 0 aromatic rings. The van der Waals surface area contributed by atoms with Gasteiger partial charge in [-0.3, -0.25) is 4.79 Å². The van der Waals surface area contributed by atoms with Crippen molar-refractivity contribution in [1.29, 1.82) is 0 Å². The summed E-state index contributed by atoms with van der Waals surface area (Å²) in [6.07, 6.45) is 9.05. The lowest BCUT2D eigenvalue weighted by Gasteiger charge is -2.37. The number of carbonyl (C=O) groups excluding carboxylic acids is 1. The maximum absolute atomic E-state index is 11.8. The Labute approximate surface area is 91.8 Å². The monoisotopic (exact) mass is 210 g/mol. The quantitative estimate of drug-likeness (QED) is 0.740. The molecule has 2 rings (SSSR count). The second kappa shape index (κ2) is 4.52. The van der Waals surface area contributed by atoms with Crippen LogP contribution in [0.4, 0.5) is 0 Å². The van der Waals surface area contributed by atoms with Crippen molar-refractivity contribution >= 4 is 5.91 Å². The summed E-state index contributed by atoms with van der Waals surface area (Å²) in [5.74, 6) is 0.897. The highest BCUT2D eigenvalue weighted by Crippen LogP contribution is 2.33. The third-order valence-electron chi connectivity index (χ3n) is 3.78. The minimum atomic E-state index is -0.0653. The van der Waals surface area contributed by atoms with Gasteiger partial charge in [0.05, 0.1) is 5.54 Å². The molecule has 0 saturated heterocycles. The SMILES string of the molecule is NCC1(NC(=O)CC2CC2)CCCCC1. The normalized spacial score (nSPS) is 24.9.